The summed E-state index contributed by atoms with van der Waals surface area (Å²) >= 11 is 0. The number of hydrogen-bond donors (Lipinski definition) is 1. The maximum Gasteiger partial charge on any atom is 0.121 e. The lowest BCUT2D eigenvalue weighted by Gasteiger charge is -2.27. The molecular weight excluding hydrogens is 250 g/mol. The minimum absolute atomic E-state index is 0.114. The second-order valence-corrected chi connectivity index (χ2v) is 6.08. The van der Waals surface area contributed by atoms with Crippen LogP contribution in [0.2, 0.25) is 0 Å². The smallest absolute Gasteiger partial charge is 0.121 e. The van der Waals surface area contributed by atoms with Crippen LogP contribution in [0, 0.1) is 0 Å². The standard InChI is InChI=1S/C17H29NO2/c1-7-14(3)20-16-10-8-9-15(11-16)18-13(2)12-17(4,5)19-6/h8-11,13-14,18H,7,12H2,1-6H3. The van der Waals surface area contributed by atoms with Crippen LogP contribution in [0.5, 0.6) is 5.75 Å². The van der Waals surface area contributed by atoms with Gasteiger partial charge < -0.3 is 14.8 Å². The van der Waals surface area contributed by atoms with E-state index in [0.717, 1.165) is 24.3 Å². The molecule has 1 rings (SSSR count). The number of anilines is 1. The first-order valence-electron chi connectivity index (χ1n) is 7.44. The van der Waals surface area contributed by atoms with Gasteiger partial charge in [-0.2, -0.15) is 0 Å². The van der Waals surface area contributed by atoms with Crippen LogP contribution >= 0.6 is 0 Å². The van der Waals surface area contributed by atoms with Gasteiger partial charge in [0.15, 0.2) is 0 Å². The highest BCUT2D eigenvalue weighted by Crippen LogP contribution is 2.22. The number of methoxy groups -OCH3 is 1. The van der Waals surface area contributed by atoms with Crippen LogP contribution in [0.1, 0.15) is 47.5 Å². The zero-order chi connectivity index (χ0) is 15.2. The molecule has 0 radical (unpaired) electrons. The number of nitrogens with one attached hydrogen (secondary N) is 1. The van der Waals surface area contributed by atoms with Gasteiger partial charge in [-0.3, -0.25) is 0 Å². The van der Waals surface area contributed by atoms with Gasteiger partial charge in [-0.15, -0.1) is 0 Å². The SMILES string of the molecule is CCC(C)Oc1cccc(NC(C)CC(C)(C)OC)c1. The molecule has 1 aromatic carbocycles. The van der Waals surface area contributed by atoms with Gasteiger partial charge in [-0.25, -0.2) is 0 Å². The van der Waals surface area contributed by atoms with E-state index in [2.05, 4.69) is 52.1 Å². The lowest BCUT2D eigenvalue weighted by molar-refractivity contribution is 0.0128. The molecule has 0 heterocycles. The van der Waals surface area contributed by atoms with E-state index in [-0.39, 0.29) is 11.7 Å². The van der Waals surface area contributed by atoms with E-state index in [4.69, 9.17) is 9.47 Å². The van der Waals surface area contributed by atoms with Gasteiger partial charge in [0, 0.05) is 24.9 Å². The van der Waals surface area contributed by atoms with Gasteiger partial charge in [0.1, 0.15) is 5.75 Å². The summed E-state index contributed by atoms with van der Waals surface area (Å²) in [5.74, 6) is 0.919. The van der Waals surface area contributed by atoms with Crippen molar-refractivity contribution in [3.63, 3.8) is 0 Å². The molecule has 2 unspecified atom stereocenters. The normalized spacial score (nSPS) is 14.7. The average molecular weight is 279 g/mol. The van der Waals surface area contributed by atoms with E-state index in [1.54, 1.807) is 7.11 Å². The highest BCUT2D eigenvalue weighted by atomic mass is 16.5. The van der Waals surface area contributed by atoms with Crippen LogP contribution in [0.3, 0.4) is 0 Å². The predicted molar refractivity (Wildman–Crippen MR) is 85.6 cm³/mol. The highest BCUT2D eigenvalue weighted by molar-refractivity contribution is 5.48. The van der Waals surface area contributed by atoms with Crippen LogP contribution in [0.25, 0.3) is 0 Å². The molecule has 1 N–H and O–H groups in total. The van der Waals surface area contributed by atoms with E-state index < -0.39 is 0 Å². The first kappa shape index (κ1) is 16.8. The van der Waals surface area contributed by atoms with Crippen LogP contribution in [-0.4, -0.2) is 24.9 Å². The molecule has 114 valence electrons. The molecule has 3 nitrogen and oxygen atoms in total. The zero-order valence-electron chi connectivity index (χ0n) is 13.7. The van der Waals surface area contributed by atoms with Gasteiger partial charge in [0.2, 0.25) is 0 Å². The van der Waals surface area contributed by atoms with Gasteiger partial charge in [0.25, 0.3) is 0 Å². The molecule has 1 aromatic rings. The quantitative estimate of drug-likeness (QED) is 0.761. The third-order valence-corrected chi connectivity index (χ3v) is 3.51. The number of benzene rings is 1. The maximum atomic E-state index is 5.84. The van der Waals surface area contributed by atoms with Crippen molar-refractivity contribution in [2.24, 2.45) is 0 Å². The second kappa shape index (κ2) is 7.53. The Bertz CT molecular complexity index is 404. The Balaban J connectivity index is 2.61. The molecule has 0 aliphatic carbocycles. The second-order valence-electron chi connectivity index (χ2n) is 6.08. The summed E-state index contributed by atoms with van der Waals surface area (Å²) in [4.78, 5) is 0. The summed E-state index contributed by atoms with van der Waals surface area (Å²) in [6.45, 7) is 10.6. The van der Waals surface area contributed by atoms with Crippen molar-refractivity contribution >= 4 is 5.69 Å². The fourth-order valence-electron chi connectivity index (χ4n) is 2.13. The van der Waals surface area contributed by atoms with Crippen molar-refractivity contribution < 1.29 is 9.47 Å². The highest BCUT2D eigenvalue weighted by Gasteiger charge is 2.20. The van der Waals surface area contributed by atoms with E-state index in [1.807, 2.05) is 12.1 Å². The van der Waals surface area contributed by atoms with Gasteiger partial charge in [-0.05, 0) is 52.7 Å². The summed E-state index contributed by atoms with van der Waals surface area (Å²) in [7, 11) is 1.76. The van der Waals surface area contributed by atoms with Crippen molar-refractivity contribution in [3.05, 3.63) is 24.3 Å². The third kappa shape index (κ3) is 5.83. The lowest BCUT2D eigenvalue weighted by atomic mass is 10.00. The van der Waals surface area contributed by atoms with Gasteiger partial charge >= 0.3 is 0 Å². The summed E-state index contributed by atoms with van der Waals surface area (Å²) in [5.41, 5.74) is 0.974. The van der Waals surface area contributed by atoms with Crippen molar-refractivity contribution in [2.75, 3.05) is 12.4 Å². The maximum absolute atomic E-state index is 5.84. The zero-order valence-corrected chi connectivity index (χ0v) is 13.7. The molecule has 0 aromatic heterocycles. The number of ether oxygens (including phenoxy) is 2. The fourth-order valence-corrected chi connectivity index (χ4v) is 2.13. The molecule has 20 heavy (non-hydrogen) atoms. The van der Waals surface area contributed by atoms with Crippen LogP contribution in [-0.2, 0) is 4.74 Å². The molecule has 0 spiro atoms. The Morgan fingerprint density at radius 1 is 1.25 bits per heavy atom. The van der Waals surface area contributed by atoms with Crippen molar-refractivity contribution in [2.45, 2.75) is 65.2 Å². The number of hydrogen-bond acceptors (Lipinski definition) is 3. The van der Waals surface area contributed by atoms with Crippen molar-refractivity contribution in [1.82, 2.24) is 0 Å². The Morgan fingerprint density at radius 3 is 2.55 bits per heavy atom. The topological polar surface area (TPSA) is 30.5 Å². The Kier molecular flexibility index (Phi) is 6.34. The fraction of sp³-hybridized carbons (Fsp3) is 0.647. The Hall–Kier alpha value is -1.22. The molecular formula is C17H29NO2. The van der Waals surface area contributed by atoms with Crippen LogP contribution in [0.4, 0.5) is 5.69 Å². The molecule has 0 bridgehead atoms. The summed E-state index contributed by atoms with van der Waals surface area (Å²) in [5, 5.41) is 3.50. The number of rotatable bonds is 8. The summed E-state index contributed by atoms with van der Waals surface area (Å²) in [6, 6.07) is 8.49. The molecule has 0 saturated heterocycles. The van der Waals surface area contributed by atoms with Gasteiger partial charge in [0.05, 0.1) is 11.7 Å². The molecule has 2 atom stereocenters. The molecule has 0 aliphatic heterocycles. The van der Waals surface area contributed by atoms with Crippen molar-refractivity contribution in [3.8, 4) is 5.75 Å². The van der Waals surface area contributed by atoms with E-state index in [1.165, 1.54) is 0 Å². The first-order valence-corrected chi connectivity index (χ1v) is 7.44. The summed E-state index contributed by atoms with van der Waals surface area (Å²) < 4.78 is 11.3. The summed E-state index contributed by atoms with van der Waals surface area (Å²) in [6.07, 6.45) is 2.20. The third-order valence-electron chi connectivity index (χ3n) is 3.51. The van der Waals surface area contributed by atoms with E-state index in [0.29, 0.717) is 6.04 Å². The Morgan fingerprint density at radius 2 is 1.95 bits per heavy atom. The predicted octanol–water partition coefficient (Wildman–Crippen LogP) is 4.48. The molecule has 0 fully saturated rings. The molecule has 3 heteroatoms. The Labute approximate surface area is 123 Å². The average Bonchev–Trinajstić information content (AvgIpc) is 2.38. The molecule has 0 amide bonds. The van der Waals surface area contributed by atoms with E-state index >= 15 is 0 Å². The first-order chi connectivity index (χ1) is 9.36. The monoisotopic (exact) mass is 279 g/mol. The van der Waals surface area contributed by atoms with Crippen LogP contribution < -0.4 is 10.1 Å². The van der Waals surface area contributed by atoms with Crippen LogP contribution in [0.15, 0.2) is 24.3 Å². The van der Waals surface area contributed by atoms with E-state index in [9.17, 15) is 0 Å². The molecule has 0 saturated carbocycles. The van der Waals surface area contributed by atoms with Gasteiger partial charge in [-0.1, -0.05) is 13.0 Å². The molecule has 0 aliphatic rings. The minimum Gasteiger partial charge on any atom is -0.491 e. The minimum atomic E-state index is -0.114. The van der Waals surface area contributed by atoms with Crippen molar-refractivity contribution in [1.29, 1.82) is 0 Å². The largest absolute Gasteiger partial charge is 0.491 e. The lowest BCUT2D eigenvalue weighted by Crippen LogP contribution is -2.31.